The molecule has 0 aromatic heterocycles. The van der Waals surface area contributed by atoms with Gasteiger partial charge >= 0.3 is 6.18 Å². The van der Waals surface area contributed by atoms with E-state index in [2.05, 4.69) is 5.32 Å². The van der Waals surface area contributed by atoms with E-state index in [-0.39, 0.29) is 37.7 Å². The molecule has 0 aliphatic carbocycles. The van der Waals surface area contributed by atoms with Gasteiger partial charge in [0.1, 0.15) is 18.1 Å². The molecule has 216 valence electrons. The molecule has 1 fully saturated rings. The van der Waals surface area contributed by atoms with Gasteiger partial charge in [-0.15, -0.1) is 0 Å². The molecular formula is C30H31F3N4O4. The van der Waals surface area contributed by atoms with Gasteiger partial charge in [0.05, 0.1) is 11.1 Å². The fourth-order valence-electron chi connectivity index (χ4n) is 4.64. The average Bonchev–Trinajstić information content (AvgIpc) is 2.98. The number of alkyl halides is 3. The molecule has 4 rings (SSSR count). The van der Waals surface area contributed by atoms with E-state index in [9.17, 15) is 27.6 Å². The first-order valence-corrected chi connectivity index (χ1v) is 13.0. The number of piperazine rings is 1. The van der Waals surface area contributed by atoms with Gasteiger partial charge in [0, 0.05) is 58.2 Å². The van der Waals surface area contributed by atoms with Gasteiger partial charge in [-0.25, -0.2) is 0 Å². The molecule has 0 radical (unpaired) electrons. The van der Waals surface area contributed by atoms with Gasteiger partial charge < -0.3 is 29.5 Å². The topological polar surface area (TPSA) is 82.2 Å². The third-order valence-corrected chi connectivity index (χ3v) is 6.93. The Morgan fingerprint density at radius 2 is 1.76 bits per heavy atom. The molecule has 1 atom stereocenters. The standard InChI is InChI=1S/C30H31F3N4O4/c1-34-27-11-10-21(20-6-4-7-22(14-20)30(31,32)33)15-26(27)29(40)37-13-12-36(17-24(37)18-38)28(39)19-41-25-9-5-8-23(16-25)35(2)3/h4-11,14-16,18,24,34H,12-13,17,19H2,1-3H3. The van der Waals surface area contributed by atoms with Crippen LogP contribution in [0.1, 0.15) is 15.9 Å². The maximum absolute atomic E-state index is 13.6. The summed E-state index contributed by atoms with van der Waals surface area (Å²) in [5.41, 5.74) is 1.51. The number of benzene rings is 3. The smallest absolute Gasteiger partial charge is 0.416 e. The van der Waals surface area contributed by atoms with Crippen molar-refractivity contribution >= 4 is 29.5 Å². The first-order valence-electron chi connectivity index (χ1n) is 13.0. The summed E-state index contributed by atoms with van der Waals surface area (Å²) in [4.78, 5) is 43.3. The lowest BCUT2D eigenvalue weighted by Gasteiger charge is -2.39. The Balaban J connectivity index is 1.48. The van der Waals surface area contributed by atoms with E-state index in [1.165, 1.54) is 28.0 Å². The van der Waals surface area contributed by atoms with Gasteiger partial charge in [-0.3, -0.25) is 9.59 Å². The monoisotopic (exact) mass is 568 g/mol. The zero-order chi connectivity index (χ0) is 29.7. The predicted molar refractivity (Wildman–Crippen MR) is 150 cm³/mol. The number of carbonyl (C=O) groups is 3. The summed E-state index contributed by atoms with van der Waals surface area (Å²) < 4.78 is 45.5. The van der Waals surface area contributed by atoms with Crippen LogP contribution in [0, 0.1) is 0 Å². The van der Waals surface area contributed by atoms with E-state index in [0.29, 0.717) is 28.8 Å². The van der Waals surface area contributed by atoms with Gasteiger partial charge in [-0.2, -0.15) is 13.2 Å². The highest BCUT2D eigenvalue weighted by Crippen LogP contribution is 2.33. The maximum atomic E-state index is 13.6. The van der Waals surface area contributed by atoms with Gasteiger partial charge in [-0.1, -0.05) is 24.3 Å². The summed E-state index contributed by atoms with van der Waals surface area (Å²) in [5.74, 6) is -0.253. The van der Waals surface area contributed by atoms with Crippen molar-refractivity contribution in [3.8, 4) is 16.9 Å². The number of ether oxygens (including phenoxy) is 1. The molecule has 1 heterocycles. The van der Waals surface area contributed by atoms with Crippen molar-refractivity contribution in [1.82, 2.24) is 9.80 Å². The van der Waals surface area contributed by atoms with E-state index in [4.69, 9.17) is 4.74 Å². The molecule has 1 N–H and O–H groups in total. The van der Waals surface area contributed by atoms with Crippen LogP contribution in [0.25, 0.3) is 11.1 Å². The van der Waals surface area contributed by atoms with Crippen LogP contribution in [0.2, 0.25) is 0 Å². The molecule has 1 aliphatic rings. The van der Waals surface area contributed by atoms with Gasteiger partial charge in [-0.05, 0) is 47.5 Å². The van der Waals surface area contributed by atoms with E-state index >= 15 is 0 Å². The summed E-state index contributed by atoms with van der Waals surface area (Å²) in [6.07, 6.45) is -3.89. The Labute approximate surface area is 236 Å². The van der Waals surface area contributed by atoms with E-state index in [0.717, 1.165) is 17.8 Å². The van der Waals surface area contributed by atoms with Crippen LogP contribution in [0.5, 0.6) is 5.75 Å². The molecule has 3 aromatic rings. The second kappa shape index (κ2) is 12.3. The second-order valence-corrected chi connectivity index (χ2v) is 9.81. The number of anilines is 2. The Morgan fingerprint density at radius 3 is 2.44 bits per heavy atom. The van der Waals surface area contributed by atoms with Crippen LogP contribution >= 0.6 is 0 Å². The summed E-state index contributed by atoms with van der Waals surface area (Å²) in [5, 5.41) is 2.93. The number of hydrogen-bond acceptors (Lipinski definition) is 6. The van der Waals surface area contributed by atoms with Gasteiger partial charge in [0.15, 0.2) is 6.61 Å². The Kier molecular flexibility index (Phi) is 8.85. The van der Waals surface area contributed by atoms with Crippen LogP contribution in [0.3, 0.4) is 0 Å². The van der Waals surface area contributed by atoms with Crippen LogP contribution < -0.4 is 15.0 Å². The molecule has 1 aliphatic heterocycles. The molecule has 8 nitrogen and oxygen atoms in total. The number of aldehydes is 1. The molecule has 11 heteroatoms. The molecule has 1 saturated heterocycles. The van der Waals surface area contributed by atoms with Crippen molar-refractivity contribution in [1.29, 1.82) is 0 Å². The van der Waals surface area contributed by atoms with E-state index in [1.54, 1.807) is 25.2 Å². The number of halogens is 3. The largest absolute Gasteiger partial charge is 0.484 e. The SMILES string of the molecule is CNc1ccc(-c2cccc(C(F)(F)F)c2)cc1C(=O)N1CCN(C(=O)COc2cccc(N(C)C)c2)CC1C=O. The highest BCUT2D eigenvalue weighted by Gasteiger charge is 2.34. The van der Waals surface area contributed by atoms with Crippen molar-refractivity contribution in [2.45, 2.75) is 12.2 Å². The summed E-state index contributed by atoms with van der Waals surface area (Å²) in [7, 11) is 5.41. The van der Waals surface area contributed by atoms with Crippen LogP contribution in [-0.4, -0.2) is 81.3 Å². The first-order chi connectivity index (χ1) is 19.5. The lowest BCUT2D eigenvalue weighted by Crippen LogP contribution is -2.57. The summed E-state index contributed by atoms with van der Waals surface area (Å²) in [6.45, 7) is 0.0654. The minimum absolute atomic E-state index is 0.00260. The quantitative estimate of drug-likeness (QED) is 0.406. The van der Waals surface area contributed by atoms with Crippen molar-refractivity contribution < 1.29 is 32.3 Å². The van der Waals surface area contributed by atoms with Gasteiger partial charge in [0.2, 0.25) is 0 Å². The fourth-order valence-corrected chi connectivity index (χ4v) is 4.64. The second-order valence-electron chi connectivity index (χ2n) is 9.81. The normalized spacial score (nSPS) is 15.3. The minimum Gasteiger partial charge on any atom is -0.484 e. The molecular weight excluding hydrogens is 537 g/mol. The molecule has 41 heavy (non-hydrogen) atoms. The molecule has 3 aromatic carbocycles. The zero-order valence-corrected chi connectivity index (χ0v) is 22.9. The molecule has 0 bridgehead atoms. The van der Waals surface area contributed by atoms with Crippen molar-refractivity contribution in [3.63, 3.8) is 0 Å². The third kappa shape index (κ3) is 6.79. The summed E-state index contributed by atoms with van der Waals surface area (Å²) >= 11 is 0. The number of amides is 2. The molecule has 1 unspecified atom stereocenters. The number of rotatable bonds is 8. The fraction of sp³-hybridized carbons (Fsp3) is 0.300. The van der Waals surface area contributed by atoms with E-state index < -0.39 is 23.7 Å². The highest BCUT2D eigenvalue weighted by atomic mass is 19.4. The maximum Gasteiger partial charge on any atom is 0.416 e. The first kappa shape index (κ1) is 29.4. The third-order valence-electron chi connectivity index (χ3n) is 6.93. The van der Waals surface area contributed by atoms with Crippen LogP contribution in [-0.2, 0) is 15.8 Å². The van der Waals surface area contributed by atoms with Crippen LogP contribution in [0.4, 0.5) is 24.5 Å². The number of carbonyl (C=O) groups excluding carboxylic acids is 3. The predicted octanol–water partition coefficient (Wildman–Crippen LogP) is 4.41. The molecule has 0 saturated carbocycles. The van der Waals surface area contributed by atoms with Crippen molar-refractivity contribution in [3.05, 3.63) is 77.9 Å². The summed E-state index contributed by atoms with van der Waals surface area (Å²) in [6, 6.07) is 16.0. The lowest BCUT2D eigenvalue weighted by atomic mass is 9.98. The average molecular weight is 569 g/mol. The molecule has 2 amide bonds. The molecule has 0 spiro atoms. The Hall–Kier alpha value is -4.54. The van der Waals surface area contributed by atoms with Crippen LogP contribution in [0.15, 0.2) is 66.7 Å². The number of nitrogens with one attached hydrogen (secondary N) is 1. The number of nitrogens with zero attached hydrogens (tertiary/aromatic N) is 3. The Bertz CT molecular complexity index is 1430. The number of hydrogen-bond donors (Lipinski definition) is 1. The highest BCUT2D eigenvalue weighted by molar-refractivity contribution is 6.02. The minimum atomic E-state index is -4.50. The lowest BCUT2D eigenvalue weighted by molar-refractivity contribution is -0.138. The Morgan fingerprint density at radius 1 is 1.02 bits per heavy atom. The van der Waals surface area contributed by atoms with Gasteiger partial charge in [0.25, 0.3) is 11.8 Å². The van der Waals surface area contributed by atoms with Crippen molar-refractivity contribution in [2.75, 3.05) is 57.6 Å². The zero-order valence-electron chi connectivity index (χ0n) is 22.9. The van der Waals surface area contributed by atoms with Crippen molar-refractivity contribution in [2.24, 2.45) is 0 Å². The van der Waals surface area contributed by atoms with E-state index in [1.807, 2.05) is 37.2 Å².